The van der Waals surface area contributed by atoms with Crippen molar-refractivity contribution in [3.63, 3.8) is 0 Å². The van der Waals surface area contributed by atoms with Crippen LogP contribution in [-0.2, 0) is 6.54 Å². The number of carbonyl (C=O) groups excluding carboxylic acids is 1. The van der Waals surface area contributed by atoms with Gasteiger partial charge in [-0.15, -0.1) is 0 Å². The van der Waals surface area contributed by atoms with Gasteiger partial charge in [-0.1, -0.05) is 6.07 Å². The summed E-state index contributed by atoms with van der Waals surface area (Å²) in [6.07, 6.45) is 3.22. The topological polar surface area (TPSA) is 81.9 Å². The number of carbonyl (C=O) groups is 1. The molecule has 0 aliphatic carbocycles. The van der Waals surface area contributed by atoms with E-state index in [2.05, 4.69) is 20.4 Å². The number of amides is 1. The number of rotatable bonds is 5. The quantitative estimate of drug-likeness (QED) is 0.772. The highest BCUT2D eigenvalue weighted by molar-refractivity contribution is 5.93. The maximum Gasteiger partial charge on any atom is 0.253 e. The minimum atomic E-state index is -0.191. The summed E-state index contributed by atoms with van der Waals surface area (Å²) in [5.41, 5.74) is 3.30. The van der Waals surface area contributed by atoms with Crippen molar-refractivity contribution < 1.29 is 9.53 Å². The number of pyridine rings is 2. The van der Waals surface area contributed by atoms with Crippen molar-refractivity contribution in [3.8, 4) is 11.7 Å². The number of aryl methyl sites for hydroxylation is 2. The molecular formula is C18H19N5O2. The molecule has 25 heavy (non-hydrogen) atoms. The van der Waals surface area contributed by atoms with Gasteiger partial charge in [0.1, 0.15) is 0 Å². The van der Waals surface area contributed by atoms with Gasteiger partial charge >= 0.3 is 0 Å². The third kappa shape index (κ3) is 3.82. The van der Waals surface area contributed by atoms with Gasteiger partial charge in [0.15, 0.2) is 5.82 Å². The molecule has 7 heteroatoms. The van der Waals surface area contributed by atoms with E-state index in [-0.39, 0.29) is 5.91 Å². The van der Waals surface area contributed by atoms with E-state index in [0.717, 1.165) is 17.0 Å². The summed E-state index contributed by atoms with van der Waals surface area (Å²) in [6.45, 7) is 4.28. The molecule has 0 saturated carbocycles. The van der Waals surface area contributed by atoms with Crippen molar-refractivity contribution in [1.82, 2.24) is 25.1 Å². The summed E-state index contributed by atoms with van der Waals surface area (Å²) in [5.74, 6) is 1.03. The first-order valence-corrected chi connectivity index (χ1v) is 7.83. The average Bonchev–Trinajstić information content (AvgIpc) is 2.98. The van der Waals surface area contributed by atoms with Crippen LogP contribution < -0.4 is 10.1 Å². The molecule has 0 saturated heterocycles. The predicted octanol–water partition coefficient (Wildman–Crippen LogP) is 2.22. The van der Waals surface area contributed by atoms with Crippen molar-refractivity contribution in [2.45, 2.75) is 20.4 Å². The molecule has 0 aliphatic heterocycles. The lowest BCUT2D eigenvalue weighted by Crippen LogP contribution is -2.23. The van der Waals surface area contributed by atoms with E-state index in [1.54, 1.807) is 42.4 Å². The van der Waals surface area contributed by atoms with Crippen LogP contribution in [0.5, 0.6) is 5.88 Å². The molecule has 128 valence electrons. The van der Waals surface area contributed by atoms with Crippen LogP contribution in [0, 0.1) is 13.8 Å². The maximum absolute atomic E-state index is 12.2. The Labute approximate surface area is 145 Å². The van der Waals surface area contributed by atoms with Crippen LogP contribution in [0.1, 0.15) is 27.3 Å². The fourth-order valence-electron chi connectivity index (χ4n) is 2.43. The molecule has 0 atom stereocenters. The lowest BCUT2D eigenvalue weighted by Gasteiger charge is -2.07. The van der Waals surface area contributed by atoms with Crippen LogP contribution in [0.2, 0.25) is 0 Å². The number of nitrogens with one attached hydrogen (secondary N) is 1. The van der Waals surface area contributed by atoms with Gasteiger partial charge in [0, 0.05) is 30.7 Å². The molecule has 0 radical (unpaired) electrons. The van der Waals surface area contributed by atoms with Crippen LogP contribution >= 0.6 is 0 Å². The summed E-state index contributed by atoms with van der Waals surface area (Å²) < 4.78 is 6.76. The zero-order chi connectivity index (χ0) is 17.8. The van der Waals surface area contributed by atoms with Crippen molar-refractivity contribution in [1.29, 1.82) is 0 Å². The summed E-state index contributed by atoms with van der Waals surface area (Å²) >= 11 is 0. The zero-order valence-electron chi connectivity index (χ0n) is 14.4. The maximum atomic E-state index is 12.2. The van der Waals surface area contributed by atoms with Gasteiger partial charge in [0.25, 0.3) is 5.91 Å². The monoisotopic (exact) mass is 337 g/mol. The van der Waals surface area contributed by atoms with Crippen LogP contribution in [0.4, 0.5) is 0 Å². The zero-order valence-corrected chi connectivity index (χ0v) is 14.4. The minimum absolute atomic E-state index is 0.191. The number of ether oxygens (including phenoxy) is 1. The van der Waals surface area contributed by atoms with Gasteiger partial charge in [-0.25, -0.2) is 14.6 Å². The lowest BCUT2D eigenvalue weighted by molar-refractivity contribution is 0.0950. The molecule has 3 heterocycles. The Kier molecular flexibility index (Phi) is 4.74. The van der Waals surface area contributed by atoms with Crippen molar-refractivity contribution in [2.75, 3.05) is 7.11 Å². The van der Waals surface area contributed by atoms with Crippen LogP contribution in [0.25, 0.3) is 5.82 Å². The molecule has 1 amide bonds. The highest BCUT2D eigenvalue weighted by atomic mass is 16.5. The summed E-state index contributed by atoms with van der Waals surface area (Å²) in [5, 5.41) is 7.23. The predicted molar refractivity (Wildman–Crippen MR) is 92.8 cm³/mol. The van der Waals surface area contributed by atoms with E-state index in [1.165, 1.54) is 0 Å². The second kappa shape index (κ2) is 7.12. The molecule has 3 rings (SSSR count). The van der Waals surface area contributed by atoms with E-state index in [0.29, 0.717) is 23.8 Å². The molecule has 0 aliphatic rings. The normalized spacial score (nSPS) is 10.5. The highest BCUT2D eigenvalue weighted by Crippen LogP contribution is 2.11. The lowest BCUT2D eigenvalue weighted by atomic mass is 10.2. The van der Waals surface area contributed by atoms with Gasteiger partial charge in [-0.05, 0) is 37.6 Å². The molecule has 0 aromatic carbocycles. The van der Waals surface area contributed by atoms with Crippen LogP contribution in [0.3, 0.4) is 0 Å². The summed E-state index contributed by atoms with van der Waals surface area (Å²) in [4.78, 5) is 20.7. The van der Waals surface area contributed by atoms with Gasteiger partial charge in [0.05, 0.1) is 18.4 Å². The van der Waals surface area contributed by atoms with E-state index < -0.39 is 0 Å². The molecule has 1 N–H and O–H groups in total. The standard InChI is InChI=1S/C18H19N5O2/c1-12-8-13(2)23(22-12)16-6-5-15(11-19-16)18(24)21-10-14-4-7-17(25-3)20-9-14/h4-9,11H,10H2,1-3H3,(H,21,24). The summed E-state index contributed by atoms with van der Waals surface area (Å²) in [7, 11) is 1.56. The molecule has 0 fully saturated rings. The van der Waals surface area contributed by atoms with E-state index in [9.17, 15) is 4.79 Å². The molecule has 0 spiro atoms. The Morgan fingerprint density at radius 2 is 2.00 bits per heavy atom. The third-order valence-electron chi connectivity index (χ3n) is 3.70. The second-order valence-electron chi connectivity index (χ2n) is 5.64. The first kappa shape index (κ1) is 16.6. The van der Waals surface area contributed by atoms with Gasteiger partial charge in [-0.2, -0.15) is 5.10 Å². The van der Waals surface area contributed by atoms with Crippen molar-refractivity contribution in [2.24, 2.45) is 0 Å². The van der Waals surface area contributed by atoms with Gasteiger partial charge in [-0.3, -0.25) is 4.79 Å². The summed E-state index contributed by atoms with van der Waals surface area (Å²) in [6, 6.07) is 9.11. The SMILES string of the molecule is COc1ccc(CNC(=O)c2ccc(-n3nc(C)cc3C)nc2)cn1. The fourth-order valence-corrected chi connectivity index (χ4v) is 2.43. The van der Waals surface area contributed by atoms with Crippen LogP contribution in [0.15, 0.2) is 42.7 Å². The Balaban J connectivity index is 1.65. The Morgan fingerprint density at radius 1 is 1.16 bits per heavy atom. The first-order chi connectivity index (χ1) is 12.1. The molecule has 0 unspecified atom stereocenters. The molecule has 7 nitrogen and oxygen atoms in total. The number of aromatic nitrogens is 4. The fraction of sp³-hybridized carbons (Fsp3) is 0.222. The first-order valence-electron chi connectivity index (χ1n) is 7.83. The molecule has 3 aromatic heterocycles. The molecule has 0 bridgehead atoms. The minimum Gasteiger partial charge on any atom is -0.481 e. The Bertz CT molecular complexity index is 869. The van der Waals surface area contributed by atoms with E-state index in [4.69, 9.17) is 4.74 Å². The van der Waals surface area contributed by atoms with E-state index in [1.807, 2.05) is 26.0 Å². The van der Waals surface area contributed by atoms with Gasteiger partial charge in [0.2, 0.25) is 5.88 Å². The Hall–Kier alpha value is -3.22. The van der Waals surface area contributed by atoms with E-state index >= 15 is 0 Å². The highest BCUT2D eigenvalue weighted by Gasteiger charge is 2.09. The van der Waals surface area contributed by atoms with Gasteiger partial charge < -0.3 is 10.1 Å². The van der Waals surface area contributed by atoms with Crippen molar-refractivity contribution in [3.05, 3.63) is 65.2 Å². The average molecular weight is 337 g/mol. The molecule has 3 aromatic rings. The third-order valence-corrected chi connectivity index (χ3v) is 3.70. The smallest absolute Gasteiger partial charge is 0.253 e. The number of methoxy groups -OCH3 is 1. The second-order valence-corrected chi connectivity index (χ2v) is 5.64. The number of hydrogen-bond donors (Lipinski definition) is 1. The number of nitrogens with zero attached hydrogens (tertiary/aromatic N) is 4. The largest absolute Gasteiger partial charge is 0.481 e. The number of hydrogen-bond acceptors (Lipinski definition) is 5. The van der Waals surface area contributed by atoms with Crippen molar-refractivity contribution >= 4 is 5.91 Å². The Morgan fingerprint density at radius 3 is 2.56 bits per heavy atom. The molecular weight excluding hydrogens is 318 g/mol. The van der Waals surface area contributed by atoms with Crippen LogP contribution in [-0.4, -0.2) is 32.8 Å².